The number of benzene rings is 1. The van der Waals surface area contributed by atoms with Gasteiger partial charge >= 0.3 is 0 Å². The normalized spacial score (nSPS) is 9.89. The molecule has 0 atom stereocenters. The zero-order valence-electron chi connectivity index (χ0n) is 12.3. The van der Waals surface area contributed by atoms with Crippen molar-refractivity contribution in [3.63, 3.8) is 0 Å². The van der Waals surface area contributed by atoms with Crippen molar-refractivity contribution in [2.75, 3.05) is 26.2 Å². The number of nitrogens with one attached hydrogen (secondary N) is 1. The number of likely N-dealkylation sites (N-methyl/N-ethyl adjacent to an activating group) is 1. The van der Waals surface area contributed by atoms with Gasteiger partial charge in [0.1, 0.15) is 0 Å². The van der Waals surface area contributed by atoms with E-state index in [-0.39, 0.29) is 24.8 Å². The third kappa shape index (κ3) is 8.48. The molecule has 0 heterocycles. The molecule has 1 aromatic carbocycles. The molecule has 2 nitrogen and oxygen atoms in total. The Morgan fingerprint density at radius 3 is 1.89 bits per heavy atom. The SMILES string of the molecule is CCc1ccc(CNCCN(CC)CC)cc1.Cl.Cl. The highest BCUT2D eigenvalue weighted by Crippen LogP contribution is 2.04. The van der Waals surface area contributed by atoms with Gasteiger partial charge in [0.2, 0.25) is 0 Å². The van der Waals surface area contributed by atoms with Gasteiger partial charge in [0.05, 0.1) is 0 Å². The van der Waals surface area contributed by atoms with Gasteiger partial charge in [-0.2, -0.15) is 0 Å². The van der Waals surface area contributed by atoms with Gasteiger partial charge in [0, 0.05) is 19.6 Å². The average molecular weight is 307 g/mol. The van der Waals surface area contributed by atoms with Gasteiger partial charge in [0.25, 0.3) is 0 Å². The summed E-state index contributed by atoms with van der Waals surface area (Å²) in [6.07, 6.45) is 1.12. The lowest BCUT2D eigenvalue weighted by Gasteiger charge is -2.18. The Morgan fingerprint density at radius 2 is 1.42 bits per heavy atom. The first kappa shape index (κ1) is 21.0. The zero-order valence-corrected chi connectivity index (χ0v) is 13.9. The van der Waals surface area contributed by atoms with Crippen LogP contribution in [0.2, 0.25) is 0 Å². The van der Waals surface area contributed by atoms with Crippen molar-refractivity contribution in [1.82, 2.24) is 10.2 Å². The highest BCUT2D eigenvalue weighted by Gasteiger charge is 1.98. The van der Waals surface area contributed by atoms with E-state index in [0.29, 0.717) is 0 Å². The van der Waals surface area contributed by atoms with Crippen molar-refractivity contribution in [1.29, 1.82) is 0 Å². The van der Waals surface area contributed by atoms with E-state index in [1.807, 2.05) is 0 Å². The molecule has 0 saturated heterocycles. The summed E-state index contributed by atoms with van der Waals surface area (Å²) in [4.78, 5) is 2.44. The Morgan fingerprint density at radius 1 is 0.895 bits per heavy atom. The lowest BCUT2D eigenvalue weighted by Crippen LogP contribution is -2.31. The second-order valence-electron chi connectivity index (χ2n) is 4.37. The Bertz CT molecular complexity index is 298. The summed E-state index contributed by atoms with van der Waals surface area (Å²) in [5, 5.41) is 3.50. The Balaban J connectivity index is 0. The molecule has 0 unspecified atom stereocenters. The van der Waals surface area contributed by atoms with Crippen LogP contribution in [0.3, 0.4) is 0 Å². The first-order valence-corrected chi connectivity index (χ1v) is 6.81. The number of rotatable bonds is 8. The fourth-order valence-electron chi connectivity index (χ4n) is 1.90. The van der Waals surface area contributed by atoms with Gasteiger partial charge in [-0.3, -0.25) is 0 Å². The highest BCUT2D eigenvalue weighted by atomic mass is 35.5. The summed E-state index contributed by atoms with van der Waals surface area (Å²) in [6.45, 7) is 12.1. The van der Waals surface area contributed by atoms with E-state index in [1.54, 1.807) is 0 Å². The topological polar surface area (TPSA) is 15.3 Å². The minimum Gasteiger partial charge on any atom is -0.311 e. The Labute approximate surface area is 130 Å². The molecule has 0 aromatic heterocycles. The molecule has 0 amide bonds. The second-order valence-corrected chi connectivity index (χ2v) is 4.37. The van der Waals surface area contributed by atoms with E-state index in [9.17, 15) is 0 Å². The third-order valence-corrected chi connectivity index (χ3v) is 3.26. The monoisotopic (exact) mass is 306 g/mol. The largest absolute Gasteiger partial charge is 0.311 e. The number of hydrogen-bond acceptors (Lipinski definition) is 2. The van der Waals surface area contributed by atoms with Crippen molar-refractivity contribution < 1.29 is 0 Å². The molecule has 0 aliphatic heterocycles. The van der Waals surface area contributed by atoms with Crippen LogP contribution in [0.15, 0.2) is 24.3 Å². The van der Waals surface area contributed by atoms with Crippen molar-refractivity contribution in [2.45, 2.75) is 33.7 Å². The highest BCUT2D eigenvalue weighted by molar-refractivity contribution is 5.85. The smallest absolute Gasteiger partial charge is 0.0206 e. The van der Waals surface area contributed by atoms with Crippen LogP contribution < -0.4 is 5.32 Å². The first-order valence-electron chi connectivity index (χ1n) is 6.81. The van der Waals surface area contributed by atoms with Crippen LogP contribution in [0, 0.1) is 0 Å². The summed E-state index contributed by atoms with van der Waals surface area (Å²) in [6, 6.07) is 8.90. The summed E-state index contributed by atoms with van der Waals surface area (Å²) < 4.78 is 0. The molecular formula is C15H28Cl2N2. The summed E-state index contributed by atoms with van der Waals surface area (Å²) >= 11 is 0. The van der Waals surface area contributed by atoms with Crippen molar-refractivity contribution in [2.24, 2.45) is 0 Å². The van der Waals surface area contributed by atoms with Gasteiger partial charge in [-0.05, 0) is 30.6 Å². The van der Waals surface area contributed by atoms with E-state index in [2.05, 4.69) is 55.3 Å². The van der Waals surface area contributed by atoms with Crippen LogP contribution in [-0.2, 0) is 13.0 Å². The lowest BCUT2D eigenvalue weighted by molar-refractivity contribution is 0.302. The van der Waals surface area contributed by atoms with Crippen LogP contribution in [0.1, 0.15) is 31.9 Å². The fraction of sp³-hybridized carbons (Fsp3) is 0.600. The van der Waals surface area contributed by atoms with E-state index in [1.165, 1.54) is 11.1 Å². The van der Waals surface area contributed by atoms with Gasteiger partial charge in [-0.15, -0.1) is 24.8 Å². The average Bonchev–Trinajstić information content (AvgIpc) is 2.40. The van der Waals surface area contributed by atoms with Crippen LogP contribution >= 0.6 is 24.8 Å². The van der Waals surface area contributed by atoms with Gasteiger partial charge in [-0.25, -0.2) is 0 Å². The molecule has 1 rings (SSSR count). The van der Waals surface area contributed by atoms with Gasteiger partial charge in [-0.1, -0.05) is 45.0 Å². The maximum atomic E-state index is 3.50. The lowest BCUT2D eigenvalue weighted by atomic mass is 10.1. The molecule has 1 N–H and O–H groups in total. The standard InChI is InChI=1S/C15H26N2.2ClH/c1-4-14-7-9-15(10-8-14)13-16-11-12-17(5-2)6-3;;/h7-10,16H,4-6,11-13H2,1-3H3;2*1H. The predicted octanol–water partition coefficient (Wildman–Crippen LogP) is 3.52. The van der Waals surface area contributed by atoms with E-state index < -0.39 is 0 Å². The summed E-state index contributed by atoms with van der Waals surface area (Å²) in [7, 11) is 0. The first-order chi connectivity index (χ1) is 8.30. The zero-order chi connectivity index (χ0) is 12.5. The summed E-state index contributed by atoms with van der Waals surface area (Å²) in [5.74, 6) is 0. The maximum Gasteiger partial charge on any atom is 0.0206 e. The number of hydrogen-bond donors (Lipinski definition) is 1. The molecule has 112 valence electrons. The van der Waals surface area contributed by atoms with Crippen molar-refractivity contribution >= 4 is 24.8 Å². The predicted molar refractivity (Wildman–Crippen MR) is 89.8 cm³/mol. The number of aryl methyl sites for hydroxylation is 1. The van der Waals surface area contributed by atoms with Crippen molar-refractivity contribution in [3.8, 4) is 0 Å². The molecule has 19 heavy (non-hydrogen) atoms. The Kier molecular flexibility index (Phi) is 14.1. The molecule has 0 saturated carbocycles. The molecule has 0 radical (unpaired) electrons. The molecule has 0 aliphatic rings. The summed E-state index contributed by atoms with van der Waals surface area (Å²) in [5.41, 5.74) is 2.79. The minimum atomic E-state index is 0. The molecule has 0 aliphatic carbocycles. The molecule has 4 heteroatoms. The van der Waals surface area contributed by atoms with E-state index in [4.69, 9.17) is 0 Å². The minimum absolute atomic E-state index is 0. The molecule has 1 aromatic rings. The number of halogens is 2. The van der Waals surface area contributed by atoms with Gasteiger partial charge in [0.15, 0.2) is 0 Å². The van der Waals surface area contributed by atoms with Crippen molar-refractivity contribution in [3.05, 3.63) is 35.4 Å². The number of nitrogens with zero attached hydrogens (tertiary/aromatic N) is 1. The Hall–Kier alpha value is -0.280. The molecule has 0 spiro atoms. The van der Waals surface area contributed by atoms with E-state index in [0.717, 1.165) is 39.1 Å². The quantitative estimate of drug-likeness (QED) is 0.739. The van der Waals surface area contributed by atoms with Crippen LogP contribution in [0.25, 0.3) is 0 Å². The molecule has 0 fully saturated rings. The third-order valence-electron chi connectivity index (χ3n) is 3.26. The second kappa shape index (κ2) is 12.7. The molecular weight excluding hydrogens is 279 g/mol. The van der Waals surface area contributed by atoms with Crippen LogP contribution in [-0.4, -0.2) is 31.1 Å². The fourth-order valence-corrected chi connectivity index (χ4v) is 1.90. The maximum absolute atomic E-state index is 3.50. The van der Waals surface area contributed by atoms with Crippen LogP contribution in [0.4, 0.5) is 0 Å². The van der Waals surface area contributed by atoms with Gasteiger partial charge < -0.3 is 10.2 Å². The molecule has 0 bridgehead atoms. The van der Waals surface area contributed by atoms with Crippen LogP contribution in [0.5, 0.6) is 0 Å². The van der Waals surface area contributed by atoms with E-state index >= 15 is 0 Å².